The van der Waals surface area contributed by atoms with Crippen LogP contribution in [-0.2, 0) is 24.8 Å². The third-order valence-corrected chi connectivity index (χ3v) is 3.26. The molecule has 0 saturated heterocycles. The molecule has 1 atom stereocenters. The highest BCUT2D eigenvalue weighted by Gasteiger charge is 2.27. The van der Waals surface area contributed by atoms with Gasteiger partial charge in [-0.15, -0.1) is 10.2 Å². The Morgan fingerprint density at radius 3 is 3.00 bits per heavy atom. The van der Waals surface area contributed by atoms with Crippen LogP contribution < -0.4 is 0 Å². The lowest BCUT2D eigenvalue weighted by Gasteiger charge is -2.20. The van der Waals surface area contributed by atoms with Crippen LogP contribution in [0.3, 0.4) is 0 Å². The average molecular weight is 247 g/mol. The second-order valence-corrected chi connectivity index (χ2v) is 4.53. The highest BCUT2D eigenvalue weighted by atomic mass is 16.4. The zero-order valence-electron chi connectivity index (χ0n) is 9.94. The number of carbonyl (C=O) groups is 1. The van der Waals surface area contributed by atoms with Crippen LogP contribution in [0, 0.1) is 5.92 Å². The summed E-state index contributed by atoms with van der Waals surface area (Å²) in [6, 6.07) is 0. The number of aryl methyl sites for hydroxylation is 2. The first-order valence-electron chi connectivity index (χ1n) is 5.79. The van der Waals surface area contributed by atoms with E-state index in [1.165, 1.54) is 0 Å². The van der Waals surface area contributed by atoms with Crippen molar-refractivity contribution in [1.82, 2.24) is 24.5 Å². The van der Waals surface area contributed by atoms with Gasteiger partial charge in [0.05, 0.1) is 17.7 Å². The van der Waals surface area contributed by atoms with Gasteiger partial charge in [-0.25, -0.2) is 0 Å². The van der Waals surface area contributed by atoms with Crippen LogP contribution in [-0.4, -0.2) is 35.6 Å². The standard InChI is InChI=1S/C11H13N5O2/c1-15-5-8(4-12-15)10-14-13-9-3-2-7(11(17)18)6-16(9)10/h4-5,7H,2-3,6H2,1H3,(H,17,18). The molecule has 0 aliphatic carbocycles. The summed E-state index contributed by atoms with van der Waals surface area (Å²) < 4.78 is 3.58. The van der Waals surface area contributed by atoms with E-state index in [9.17, 15) is 4.79 Å². The topological polar surface area (TPSA) is 85.8 Å². The van der Waals surface area contributed by atoms with Crippen LogP contribution in [0.15, 0.2) is 12.4 Å². The molecule has 0 spiro atoms. The Morgan fingerprint density at radius 1 is 1.50 bits per heavy atom. The minimum absolute atomic E-state index is 0.357. The van der Waals surface area contributed by atoms with Gasteiger partial charge in [-0.2, -0.15) is 5.10 Å². The molecular formula is C11H13N5O2. The normalized spacial score (nSPS) is 18.6. The molecule has 0 bridgehead atoms. The number of hydrogen-bond acceptors (Lipinski definition) is 4. The van der Waals surface area contributed by atoms with Gasteiger partial charge in [-0.3, -0.25) is 9.48 Å². The van der Waals surface area contributed by atoms with E-state index in [4.69, 9.17) is 5.11 Å². The summed E-state index contributed by atoms with van der Waals surface area (Å²) in [4.78, 5) is 11.1. The maximum Gasteiger partial charge on any atom is 0.308 e. The lowest BCUT2D eigenvalue weighted by Crippen LogP contribution is -2.27. The summed E-state index contributed by atoms with van der Waals surface area (Å²) >= 11 is 0. The van der Waals surface area contributed by atoms with Crippen molar-refractivity contribution in [3.8, 4) is 11.4 Å². The van der Waals surface area contributed by atoms with Crippen LogP contribution in [0.5, 0.6) is 0 Å². The molecule has 0 aromatic carbocycles. The second-order valence-electron chi connectivity index (χ2n) is 4.53. The molecule has 7 nitrogen and oxygen atoms in total. The summed E-state index contributed by atoms with van der Waals surface area (Å²) in [5.74, 6) is 0.436. The van der Waals surface area contributed by atoms with Crippen molar-refractivity contribution in [2.24, 2.45) is 13.0 Å². The number of fused-ring (bicyclic) bond motifs is 1. The minimum Gasteiger partial charge on any atom is -0.481 e. The Bertz CT molecular complexity index is 600. The molecular weight excluding hydrogens is 234 g/mol. The van der Waals surface area contributed by atoms with Crippen molar-refractivity contribution < 1.29 is 9.90 Å². The lowest BCUT2D eigenvalue weighted by molar-refractivity contribution is -0.142. The number of hydrogen-bond donors (Lipinski definition) is 1. The number of carboxylic acid groups (broad SMARTS) is 1. The largest absolute Gasteiger partial charge is 0.481 e. The van der Waals surface area contributed by atoms with Crippen molar-refractivity contribution in [2.45, 2.75) is 19.4 Å². The molecule has 1 aliphatic heterocycles. The van der Waals surface area contributed by atoms with Crippen molar-refractivity contribution in [3.05, 3.63) is 18.2 Å². The molecule has 7 heteroatoms. The zero-order valence-corrected chi connectivity index (χ0v) is 9.94. The SMILES string of the molecule is Cn1cc(-c2nnc3n2CC(C(=O)O)CC3)cn1. The fraction of sp³-hybridized carbons (Fsp3) is 0.455. The predicted octanol–water partition coefficient (Wildman–Crippen LogP) is 0.326. The highest BCUT2D eigenvalue weighted by molar-refractivity contribution is 5.70. The average Bonchev–Trinajstić information content (AvgIpc) is 2.93. The van der Waals surface area contributed by atoms with E-state index >= 15 is 0 Å². The molecule has 0 saturated carbocycles. The van der Waals surface area contributed by atoms with Crippen LogP contribution in [0.4, 0.5) is 0 Å². The van der Waals surface area contributed by atoms with Gasteiger partial charge in [0, 0.05) is 26.2 Å². The Balaban J connectivity index is 1.99. The minimum atomic E-state index is -0.758. The number of aromatic nitrogens is 5. The van der Waals surface area contributed by atoms with Gasteiger partial charge in [0.2, 0.25) is 0 Å². The lowest BCUT2D eigenvalue weighted by atomic mass is 9.99. The summed E-state index contributed by atoms with van der Waals surface area (Å²) in [6.45, 7) is 0.432. The number of nitrogens with zero attached hydrogens (tertiary/aromatic N) is 5. The summed E-state index contributed by atoms with van der Waals surface area (Å²) in [5, 5.41) is 21.5. The van der Waals surface area contributed by atoms with Gasteiger partial charge in [-0.05, 0) is 6.42 Å². The molecule has 2 aromatic heterocycles. The predicted molar refractivity (Wildman–Crippen MR) is 61.7 cm³/mol. The Labute approximate surface area is 103 Å². The van der Waals surface area contributed by atoms with Crippen LogP contribution in [0.2, 0.25) is 0 Å². The molecule has 0 fully saturated rings. The van der Waals surface area contributed by atoms with Crippen LogP contribution >= 0.6 is 0 Å². The third-order valence-electron chi connectivity index (χ3n) is 3.26. The zero-order chi connectivity index (χ0) is 12.7. The van der Waals surface area contributed by atoms with E-state index in [-0.39, 0.29) is 5.92 Å². The van der Waals surface area contributed by atoms with E-state index in [1.54, 1.807) is 10.9 Å². The molecule has 94 valence electrons. The highest BCUT2D eigenvalue weighted by Crippen LogP contribution is 2.25. The molecule has 3 heterocycles. The summed E-state index contributed by atoms with van der Waals surface area (Å²) in [7, 11) is 1.83. The van der Waals surface area contributed by atoms with Crippen molar-refractivity contribution >= 4 is 5.97 Å². The fourth-order valence-electron chi connectivity index (χ4n) is 2.28. The molecule has 2 aromatic rings. The maximum absolute atomic E-state index is 11.1. The van der Waals surface area contributed by atoms with E-state index < -0.39 is 5.97 Å². The monoisotopic (exact) mass is 247 g/mol. The van der Waals surface area contributed by atoms with E-state index in [0.29, 0.717) is 25.2 Å². The Morgan fingerprint density at radius 2 is 2.33 bits per heavy atom. The van der Waals surface area contributed by atoms with E-state index in [0.717, 1.165) is 11.4 Å². The van der Waals surface area contributed by atoms with E-state index in [2.05, 4.69) is 15.3 Å². The quantitative estimate of drug-likeness (QED) is 0.826. The van der Waals surface area contributed by atoms with Gasteiger partial charge in [0.15, 0.2) is 5.82 Å². The van der Waals surface area contributed by atoms with Crippen molar-refractivity contribution in [3.63, 3.8) is 0 Å². The van der Waals surface area contributed by atoms with Gasteiger partial charge in [0.1, 0.15) is 5.82 Å². The molecule has 0 radical (unpaired) electrons. The Kier molecular flexibility index (Phi) is 2.39. The van der Waals surface area contributed by atoms with Gasteiger partial charge < -0.3 is 9.67 Å². The molecule has 1 N–H and O–H groups in total. The van der Waals surface area contributed by atoms with E-state index in [1.807, 2.05) is 17.8 Å². The smallest absolute Gasteiger partial charge is 0.308 e. The Hall–Kier alpha value is -2.18. The van der Waals surface area contributed by atoms with Crippen LogP contribution in [0.25, 0.3) is 11.4 Å². The number of aliphatic carboxylic acids is 1. The number of carboxylic acids is 1. The fourth-order valence-corrected chi connectivity index (χ4v) is 2.28. The second kappa shape index (κ2) is 3.94. The maximum atomic E-state index is 11.1. The molecule has 18 heavy (non-hydrogen) atoms. The van der Waals surface area contributed by atoms with Crippen molar-refractivity contribution in [1.29, 1.82) is 0 Å². The first kappa shape index (κ1) is 10.9. The first-order chi connectivity index (χ1) is 8.65. The third kappa shape index (κ3) is 1.68. The summed E-state index contributed by atoms with van der Waals surface area (Å²) in [6.07, 6.45) is 4.84. The molecule has 0 amide bonds. The van der Waals surface area contributed by atoms with Gasteiger partial charge in [0.25, 0.3) is 0 Å². The summed E-state index contributed by atoms with van der Waals surface area (Å²) in [5.41, 5.74) is 0.863. The van der Waals surface area contributed by atoms with Crippen molar-refractivity contribution in [2.75, 3.05) is 0 Å². The molecule has 1 unspecified atom stereocenters. The van der Waals surface area contributed by atoms with Crippen LogP contribution in [0.1, 0.15) is 12.2 Å². The molecule has 3 rings (SSSR count). The molecule has 1 aliphatic rings. The number of rotatable bonds is 2. The van der Waals surface area contributed by atoms with Gasteiger partial charge in [-0.1, -0.05) is 0 Å². The van der Waals surface area contributed by atoms with Gasteiger partial charge >= 0.3 is 5.97 Å². The first-order valence-corrected chi connectivity index (χ1v) is 5.79.